The molecule has 0 saturated heterocycles. The summed E-state index contributed by atoms with van der Waals surface area (Å²) in [4.78, 5) is 11.5. The highest BCUT2D eigenvalue weighted by Gasteiger charge is 2.12. The van der Waals surface area contributed by atoms with Gasteiger partial charge in [0.15, 0.2) is 0 Å². The van der Waals surface area contributed by atoms with Crippen molar-refractivity contribution >= 4 is 17.3 Å². The number of aryl methyl sites for hydroxylation is 1. The van der Waals surface area contributed by atoms with Crippen molar-refractivity contribution in [3.8, 4) is 0 Å². The van der Waals surface area contributed by atoms with Crippen LogP contribution in [0.4, 0.5) is 11.4 Å². The second-order valence-corrected chi connectivity index (χ2v) is 3.46. The fraction of sp³-hybridized carbons (Fsp3) is 0.364. The molecule has 0 heterocycles. The molecule has 1 unspecified atom stereocenters. The number of benzene rings is 1. The predicted octanol–water partition coefficient (Wildman–Crippen LogP) is 1.55. The van der Waals surface area contributed by atoms with E-state index < -0.39 is 6.10 Å². The molecule has 4 nitrogen and oxygen atoms in total. The normalized spacial score (nSPS) is 12.2. The quantitative estimate of drug-likeness (QED) is 0.741. The number of anilines is 2. The number of methoxy groups -OCH3 is 1. The summed E-state index contributed by atoms with van der Waals surface area (Å²) in [5, 5.41) is 2.70. The van der Waals surface area contributed by atoms with Gasteiger partial charge in [0, 0.05) is 7.11 Å². The van der Waals surface area contributed by atoms with Gasteiger partial charge in [-0.2, -0.15) is 0 Å². The van der Waals surface area contributed by atoms with Crippen LogP contribution in [0.1, 0.15) is 12.5 Å². The highest BCUT2D eigenvalue weighted by Crippen LogP contribution is 2.19. The van der Waals surface area contributed by atoms with Gasteiger partial charge in [-0.3, -0.25) is 4.79 Å². The minimum Gasteiger partial charge on any atom is -0.397 e. The van der Waals surface area contributed by atoms with Crippen LogP contribution in [0.3, 0.4) is 0 Å². The van der Waals surface area contributed by atoms with E-state index >= 15 is 0 Å². The van der Waals surface area contributed by atoms with Gasteiger partial charge < -0.3 is 15.8 Å². The minimum atomic E-state index is -0.481. The van der Waals surface area contributed by atoms with Crippen LogP contribution in [-0.4, -0.2) is 19.1 Å². The number of nitrogens with one attached hydrogen (secondary N) is 1. The molecule has 0 aliphatic carbocycles. The third-order valence-corrected chi connectivity index (χ3v) is 2.19. The molecule has 1 amide bonds. The van der Waals surface area contributed by atoms with Crippen molar-refractivity contribution in [3.05, 3.63) is 23.8 Å². The first-order valence-electron chi connectivity index (χ1n) is 4.74. The zero-order valence-electron chi connectivity index (χ0n) is 9.20. The Labute approximate surface area is 89.4 Å². The smallest absolute Gasteiger partial charge is 0.253 e. The van der Waals surface area contributed by atoms with Crippen LogP contribution in [0.2, 0.25) is 0 Å². The van der Waals surface area contributed by atoms with Crippen LogP contribution in [0, 0.1) is 6.92 Å². The Bertz CT molecular complexity index is 364. The molecule has 1 rings (SSSR count). The van der Waals surface area contributed by atoms with Gasteiger partial charge in [-0.25, -0.2) is 0 Å². The molecule has 4 heteroatoms. The highest BCUT2D eigenvalue weighted by molar-refractivity contribution is 5.96. The SMILES string of the molecule is COC(C)C(=O)Nc1ccc(C)cc1N. The van der Waals surface area contributed by atoms with Crippen LogP contribution >= 0.6 is 0 Å². The van der Waals surface area contributed by atoms with Crippen LogP contribution < -0.4 is 11.1 Å². The molecule has 0 aliphatic heterocycles. The number of hydrogen-bond acceptors (Lipinski definition) is 3. The van der Waals surface area contributed by atoms with Crippen LogP contribution in [0.15, 0.2) is 18.2 Å². The summed E-state index contributed by atoms with van der Waals surface area (Å²) in [6.45, 7) is 3.62. The van der Waals surface area contributed by atoms with Gasteiger partial charge in [0.1, 0.15) is 6.10 Å². The van der Waals surface area contributed by atoms with Gasteiger partial charge in [-0.15, -0.1) is 0 Å². The lowest BCUT2D eigenvalue weighted by Crippen LogP contribution is -2.26. The van der Waals surface area contributed by atoms with Gasteiger partial charge in [0.05, 0.1) is 11.4 Å². The first-order chi connectivity index (χ1) is 7.04. The Morgan fingerprint density at radius 1 is 1.53 bits per heavy atom. The maximum absolute atomic E-state index is 11.5. The number of amides is 1. The molecule has 1 atom stereocenters. The lowest BCUT2D eigenvalue weighted by Gasteiger charge is -2.12. The van der Waals surface area contributed by atoms with Crippen molar-refractivity contribution in [2.24, 2.45) is 0 Å². The lowest BCUT2D eigenvalue weighted by molar-refractivity contribution is -0.124. The molecule has 0 bridgehead atoms. The Balaban J connectivity index is 2.77. The zero-order valence-corrected chi connectivity index (χ0v) is 9.20. The first-order valence-corrected chi connectivity index (χ1v) is 4.74. The molecule has 3 N–H and O–H groups in total. The van der Waals surface area contributed by atoms with E-state index in [0.717, 1.165) is 5.56 Å². The second-order valence-electron chi connectivity index (χ2n) is 3.46. The van der Waals surface area contributed by atoms with Gasteiger partial charge in [0.25, 0.3) is 5.91 Å². The molecule has 0 radical (unpaired) electrons. The van der Waals surface area contributed by atoms with Crippen molar-refractivity contribution in [2.45, 2.75) is 20.0 Å². The highest BCUT2D eigenvalue weighted by atomic mass is 16.5. The Morgan fingerprint density at radius 2 is 2.20 bits per heavy atom. The molecular weight excluding hydrogens is 192 g/mol. The van der Waals surface area contributed by atoms with Crippen molar-refractivity contribution in [1.82, 2.24) is 0 Å². The number of ether oxygens (including phenoxy) is 1. The third kappa shape index (κ3) is 2.95. The molecule has 0 saturated carbocycles. The molecule has 0 aliphatic rings. The van der Waals surface area contributed by atoms with E-state index in [2.05, 4.69) is 5.32 Å². The van der Waals surface area contributed by atoms with Gasteiger partial charge in [0.2, 0.25) is 0 Å². The van der Waals surface area contributed by atoms with Crippen LogP contribution in [0.25, 0.3) is 0 Å². The Morgan fingerprint density at radius 3 is 2.73 bits per heavy atom. The van der Waals surface area contributed by atoms with Gasteiger partial charge in [-0.1, -0.05) is 6.07 Å². The molecule has 0 spiro atoms. The molecular formula is C11H16N2O2. The summed E-state index contributed by atoms with van der Waals surface area (Å²) in [6, 6.07) is 5.49. The van der Waals surface area contributed by atoms with Gasteiger partial charge in [-0.05, 0) is 31.5 Å². The van der Waals surface area contributed by atoms with E-state index in [0.29, 0.717) is 11.4 Å². The predicted molar refractivity (Wildman–Crippen MR) is 60.7 cm³/mol. The summed E-state index contributed by atoms with van der Waals surface area (Å²) in [6.07, 6.45) is -0.481. The standard InChI is InChI=1S/C11H16N2O2/c1-7-4-5-10(9(12)6-7)13-11(14)8(2)15-3/h4-6,8H,12H2,1-3H3,(H,13,14). The van der Waals surface area contributed by atoms with E-state index in [4.69, 9.17) is 10.5 Å². The van der Waals surface area contributed by atoms with Crippen LogP contribution in [-0.2, 0) is 9.53 Å². The topological polar surface area (TPSA) is 64.3 Å². The minimum absolute atomic E-state index is 0.201. The van der Waals surface area contributed by atoms with E-state index in [1.54, 1.807) is 13.0 Å². The second kappa shape index (κ2) is 4.79. The van der Waals surface area contributed by atoms with E-state index in [9.17, 15) is 4.79 Å². The molecule has 0 aromatic heterocycles. The largest absolute Gasteiger partial charge is 0.397 e. The van der Waals surface area contributed by atoms with E-state index in [-0.39, 0.29) is 5.91 Å². The Hall–Kier alpha value is -1.55. The summed E-state index contributed by atoms with van der Waals surface area (Å²) in [5.41, 5.74) is 8.00. The average molecular weight is 208 g/mol. The summed E-state index contributed by atoms with van der Waals surface area (Å²) < 4.78 is 4.89. The van der Waals surface area contributed by atoms with Crippen molar-refractivity contribution < 1.29 is 9.53 Å². The van der Waals surface area contributed by atoms with Crippen molar-refractivity contribution in [1.29, 1.82) is 0 Å². The maximum Gasteiger partial charge on any atom is 0.253 e. The molecule has 0 fully saturated rings. The number of hydrogen-bond donors (Lipinski definition) is 2. The maximum atomic E-state index is 11.5. The number of carbonyl (C=O) groups is 1. The fourth-order valence-electron chi connectivity index (χ4n) is 1.14. The average Bonchev–Trinajstić information content (AvgIpc) is 2.20. The lowest BCUT2D eigenvalue weighted by atomic mass is 10.2. The first kappa shape index (κ1) is 11.5. The molecule has 82 valence electrons. The fourth-order valence-corrected chi connectivity index (χ4v) is 1.14. The molecule has 1 aromatic rings. The monoisotopic (exact) mass is 208 g/mol. The van der Waals surface area contributed by atoms with E-state index in [1.165, 1.54) is 7.11 Å². The third-order valence-electron chi connectivity index (χ3n) is 2.19. The van der Waals surface area contributed by atoms with E-state index in [1.807, 2.05) is 19.1 Å². The number of carbonyl (C=O) groups excluding carboxylic acids is 1. The van der Waals surface area contributed by atoms with Gasteiger partial charge >= 0.3 is 0 Å². The van der Waals surface area contributed by atoms with Crippen molar-refractivity contribution in [3.63, 3.8) is 0 Å². The molecule has 15 heavy (non-hydrogen) atoms. The number of rotatable bonds is 3. The summed E-state index contributed by atoms with van der Waals surface area (Å²) in [7, 11) is 1.49. The molecule has 1 aromatic carbocycles. The summed E-state index contributed by atoms with van der Waals surface area (Å²) >= 11 is 0. The van der Waals surface area contributed by atoms with Crippen LogP contribution in [0.5, 0.6) is 0 Å². The number of nitrogen functional groups attached to an aromatic ring is 1. The summed E-state index contributed by atoms with van der Waals surface area (Å²) in [5.74, 6) is -0.201. The van der Waals surface area contributed by atoms with Crippen molar-refractivity contribution in [2.75, 3.05) is 18.2 Å². The number of nitrogens with two attached hydrogens (primary N) is 1. The Kier molecular flexibility index (Phi) is 3.68. The zero-order chi connectivity index (χ0) is 11.4.